The van der Waals surface area contributed by atoms with Gasteiger partial charge in [-0.3, -0.25) is 4.79 Å². The largest absolute Gasteiger partial charge is 0.507 e. The van der Waals surface area contributed by atoms with E-state index >= 15 is 0 Å². The zero-order valence-corrected chi connectivity index (χ0v) is 14.9. The van der Waals surface area contributed by atoms with Gasteiger partial charge < -0.3 is 25.7 Å². The average Bonchev–Trinajstić information content (AvgIpc) is 2.64. The number of hydrogen-bond donors (Lipinski definition) is 3. The van der Waals surface area contributed by atoms with Crippen molar-refractivity contribution in [1.82, 2.24) is 0 Å². The minimum atomic E-state index is -0.323. The monoisotopic (exact) mass is 355 g/mol. The number of para-hydroxylation sites is 1. The molecule has 0 aliphatic carbocycles. The lowest BCUT2D eigenvalue weighted by Gasteiger charge is -2.44. The van der Waals surface area contributed by atoms with E-state index in [2.05, 4.69) is 21.9 Å². The Balaban J connectivity index is 1.85. The van der Waals surface area contributed by atoms with Crippen molar-refractivity contribution in [3.05, 3.63) is 48.0 Å². The molecule has 0 bridgehead atoms. The first-order valence-corrected chi connectivity index (χ1v) is 8.83. The summed E-state index contributed by atoms with van der Waals surface area (Å²) in [7, 11) is 0. The maximum Gasteiger partial charge on any atom is 0.217 e. The Morgan fingerprint density at radius 2 is 1.77 bits per heavy atom. The summed E-state index contributed by atoms with van der Waals surface area (Å²) >= 11 is 0. The second kappa shape index (κ2) is 7.56. The summed E-state index contributed by atoms with van der Waals surface area (Å²) in [5, 5.41) is 20.1. The molecule has 1 aliphatic heterocycles. The highest BCUT2D eigenvalue weighted by atomic mass is 16.3. The molecule has 2 aromatic rings. The van der Waals surface area contributed by atoms with Crippen LogP contribution in [0.5, 0.6) is 11.5 Å². The Morgan fingerprint density at radius 1 is 1.12 bits per heavy atom. The Bertz CT molecular complexity index is 756. The van der Waals surface area contributed by atoms with Crippen LogP contribution in [0.1, 0.15) is 18.4 Å². The van der Waals surface area contributed by atoms with E-state index in [4.69, 9.17) is 5.73 Å². The topological polar surface area (TPSA) is 90.0 Å². The van der Waals surface area contributed by atoms with Gasteiger partial charge in [-0.25, -0.2) is 0 Å². The Hall–Kier alpha value is -2.89. The van der Waals surface area contributed by atoms with Gasteiger partial charge in [0.15, 0.2) is 0 Å². The Labute approximate surface area is 153 Å². The van der Waals surface area contributed by atoms with Gasteiger partial charge in [0.1, 0.15) is 11.5 Å². The SMILES string of the molecule is Cc1c(O)cc(N2CCN(c3ccccc3)CC2CCC(N)=O)cc1O. The van der Waals surface area contributed by atoms with Gasteiger partial charge in [0, 0.05) is 61.2 Å². The number of nitrogens with zero attached hydrogens (tertiary/aromatic N) is 2. The number of hydrogen-bond acceptors (Lipinski definition) is 5. The molecule has 1 heterocycles. The van der Waals surface area contributed by atoms with Crippen molar-refractivity contribution in [2.24, 2.45) is 5.73 Å². The summed E-state index contributed by atoms with van der Waals surface area (Å²) in [5.74, 6) is -0.185. The van der Waals surface area contributed by atoms with Gasteiger partial charge in [0.2, 0.25) is 5.91 Å². The molecule has 6 nitrogen and oxygen atoms in total. The highest BCUT2D eigenvalue weighted by molar-refractivity contribution is 5.74. The molecule has 0 radical (unpaired) electrons. The third-order valence-electron chi connectivity index (χ3n) is 5.00. The normalized spacial score (nSPS) is 17.3. The summed E-state index contributed by atoms with van der Waals surface area (Å²) < 4.78 is 0. The number of nitrogens with two attached hydrogens (primary N) is 1. The molecule has 3 rings (SSSR count). The number of phenolic OH excluding ortho intramolecular Hbond substituents is 2. The fraction of sp³-hybridized carbons (Fsp3) is 0.350. The maximum atomic E-state index is 11.3. The summed E-state index contributed by atoms with van der Waals surface area (Å²) in [6.45, 7) is 3.95. The van der Waals surface area contributed by atoms with Gasteiger partial charge in [-0.1, -0.05) is 18.2 Å². The molecule has 138 valence electrons. The number of carbonyl (C=O) groups is 1. The van der Waals surface area contributed by atoms with Crippen molar-refractivity contribution >= 4 is 17.3 Å². The summed E-state index contributed by atoms with van der Waals surface area (Å²) in [6.07, 6.45) is 0.918. The van der Waals surface area contributed by atoms with Gasteiger partial charge >= 0.3 is 0 Å². The van der Waals surface area contributed by atoms with E-state index in [1.807, 2.05) is 18.2 Å². The molecule has 1 fully saturated rings. The van der Waals surface area contributed by atoms with E-state index < -0.39 is 0 Å². The van der Waals surface area contributed by atoms with Crippen molar-refractivity contribution < 1.29 is 15.0 Å². The molecule has 0 saturated carbocycles. The van der Waals surface area contributed by atoms with Crippen LogP contribution >= 0.6 is 0 Å². The molecule has 2 aromatic carbocycles. The van der Waals surface area contributed by atoms with E-state index in [-0.39, 0.29) is 23.4 Å². The number of aromatic hydroxyl groups is 2. The van der Waals surface area contributed by atoms with Gasteiger partial charge in [0.05, 0.1) is 0 Å². The van der Waals surface area contributed by atoms with Crippen molar-refractivity contribution in [3.8, 4) is 11.5 Å². The van der Waals surface area contributed by atoms with Crippen molar-refractivity contribution in [3.63, 3.8) is 0 Å². The van der Waals surface area contributed by atoms with Gasteiger partial charge in [0.25, 0.3) is 0 Å². The van der Waals surface area contributed by atoms with Crippen LogP contribution in [-0.2, 0) is 4.79 Å². The molecule has 6 heteroatoms. The van der Waals surface area contributed by atoms with E-state index in [1.165, 1.54) is 0 Å². The van der Waals surface area contributed by atoms with E-state index in [0.717, 1.165) is 31.0 Å². The molecular formula is C20H25N3O3. The van der Waals surface area contributed by atoms with Crippen LogP contribution in [0.15, 0.2) is 42.5 Å². The predicted molar refractivity (Wildman–Crippen MR) is 103 cm³/mol. The number of amides is 1. The minimum absolute atomic E-state index is 0.0537. The molecule has 0 spiro atoms. The Kier molecular flexibility index (Phi) is 5.21. The number of rotatable bonds is 5. The highest BCUT2D eigenvalue weighted by Crippen LogP contribution is 2.34. The third-order valence-corrected chi connectivity index (χ3v) is 5.00. The van der Waals surface area contributed by atoms with Crippen LogP contribution in [0, 0.1) is 6.92 Å². The molecule has 0 aromatic heterocycles. The minimum Gasteiger partial charge on any atom is -0.507 e. The van der Waals surface area contributed by atoms with Gasteiger partial charge in [-0.15, -0.1) is 0 Å². The number of piperazine rings is 1. The van der Waals surface area contributed by atoms with Crippen molar-refractivity contribution in [2.75, 3.05) is 29.4 Å². The van der Waals surface area contributed by atoms with Crippen LogP contribution in [0.25, 0.3) is 0 Å². The average molecular weight is 355 g/mol. The van der Waals surface area contributed by atoms with E-state index in [0.29, 0.717) is 18.4 Å². The maximum absolute atomic E-state index is 11.3. The number of phenols is 2. The van der Waals surface area contributed by atoms with Gasteiger partial charge in [-0.2, -0.15) is 0 Å². The Morgan fingerprint density at radius 3 is 2.38 bits per heavy atom. The standard InChI is InChI=1S/C20H25N3O3/c1-14-18(24)11-17(12-19(14)25)23-10-9-22(15-5-3-2-4-6-15)13-16(23)7-8-20(21)26/h2-6,11-12,16,24-25H,7-10,13H2,1H3,(H2,21,26). The molecule has 4 N–H and O–H groups in total. The fourth-order valence-electron chi connectivity index (χ4n) is 3.46. The molecule has 1 aliphatic rings. The van der Waals surface area contributed by atoms with Crippen LogP contribution in [-0.4, -0.2) is 41.8 Å². The van der Waals surface area contributed by atoms with Crippen LogP contribution < -0.4 is 15.5 Å². The third kappa shape index (κ3) is 3.85. The van der Waals surface area contributed by atoms with Crippen molar-refractivity contribution in [1.29, 1.82) is 0 Å². The zero-order valence-electron chi connectivity index (χ0n) is 14.9. The number of primary amides is 1. The quantitative estimate of drug-likeness (QED) is 0.766. The summed E-state index contributed by atoms with van der Waals surface area (Å²) in [5.41, 5.74) is 7.72. The molecular weight excluding hydrogens is 330 g/mol. The first kappa shape index (κ1) is 17.9. The number of carbonyl (C=O) groups excluding carboxylic acids is 1. The number of benzene rings is 2. The summed E-state index contributed by atoms with van der Waals surface area (Å²) in [6, 6.07) is 13.6. The van der Waals surface area contributed by atoms with Crippen LogP contribution in [0.4, 0.5) is 11.4 Å². The first-order chi connectivity index (χ1) is 12.5. The molecule has 1 atom stereocenters. The van der Waals surface area contributed by atoms with Gasteiger partial charge in [-0.05, 0) is 25.5 Å². The number of anilines is 2. The first-order valence-electron chi connectivity index (χ1n) is 8.83. The fourth-order valence-corrected chi connectivity index (χ4v) is 3.46. The second-order valence-corrected chi connectivity index (χ2v) is 6.74. The lowest BCUT2D eigenvalue weighted by Crippen LogP contribution is -2.53. The molecule has 26 heavy (non-hydrogen) atoms. The predicted octanol–water partition coefficient (Wildman–Crippen LogP) is 2.37. The van der Waals surface area contributed by atoms with E-state index in [1.54, 1.807) is 19.1 Å². The van der Waals surface area contributed by atoms with Crippen LogP contribution in [0.3, 0.4) is 0 Å². The van der Waals surface area contributed by atoms with Crippen molar-refractivity contribution in [2.45, 2.75) is 25.8 Å². The second-order valence-electron chi connectivity index (χ2n) is 6.74. The lowest BCUT2D eigenvalue weighted by atomic mass is 10.0. The highest BCUT2D eigenvalue weighted by Gasteiger charge is 2.28. The van der Waals surface area contributed by atoms with E-state index in [9.17, 15) is 15.0 Å². The smallest absolute Gasteiger partial charge is 0.217 e. The molecule has 1 amide bonds. The summed E-state index contributed by atoms with van der Waals surface area (Å²) in [4.78, 5) is 15.7. The van der Waals surface area contributed by atoms with Crippen LogP contribution in [0.2, 0.25) is 0 Å². The zero-order chi connectivity index (χ0) is 18.7. The molecule has 1 unspecified atom stereocenters. The molecule has 1 saturated heterocycles. The lowest BCUT2D eigenvalue weighted by molar-refractivity contribution is -0.118.